The second-order valence-electron chi connectivity index (χ2n) is 9.18. The first-order valence-corrected chi connectivity index (χ1v) is 11.9. The number of aromatic nitrogens is 2. The first-order chi connectivity index (χ1) is 18.8. The molecular weight excluding hydrogens is 512 g/mol. The summed E-state index contributed by atoms with van der Waals surface area (Å²) in [7, 11) is 2.94. The second kappa shape index (κ2) is 10.3. The van der Waals surface area contributed by atoms with E-state index in [9.17, 15) is 18.4 Å². The Balaban J connectivity index is 1.32. The Morgan fingerprint density at radius 1 is 1.03 bits per heavy atom. The summed E-state index contributed by atoms with van der Waals surface area (Å²) in [6.07, 6.45) is 3.34. The topological polar surface area (TPSA) is 111 Å². The molecule has 0 atom stereocenters. The van der Waals surface area contributed by atoms with Crippen LogP contribution in [0.4, 0.5) is 14.5 Å². The highest BCUT2D eigenvalue weighted by Gasteiger charge is 2.56. The van der Waals surface area contributed by atoms with Gasteiger partial charge in [0, 0.05) is 49.1 Å². The number of carbonyl (C=O) groups is 2. The molecule has 1 aliphatic rings. The summed E-state index contributed by atoms with van der Waals surface area (Å²) in [6, 6.07) is 11.0. The van der Waals surface area contributed by atoms with Crippen LogP contribution in [0.1, 0.15) is 18.4 Å². The van der Waals surface area contributed by atoms with Gasteiger partial charge in [-0.25, -0.2) is 19.0 Å². The maximum absolute atomic E-state index is 15.0. The largest absolute Gasteiger partial charge is 0.493 e. The zero-order valence-corrected chi connectivity index (χ0v) is 21.0. The smallest absolute Gasteiger partial charge is 0.255 e. The Kier molecular flexibility index (Phi) is 6.83. The van der Waals surface area contributed by atoms with Crippen molar-refractivity contribution in [3.05, 3.63) is 78.1 Å². The SMILES string of the molecule is COc1cc2nccc(Oc3ncc(CC(=O)C4(C(=O)N(C)c5ccc(F)cc5)CC4)cc3F)c2cc1OO. The molecule has 9 nitrogen and oxygen atoms in total. The van der Waals surface area contributed by atoms with Gasteiger partial charge < -0.3 is 19.3 Å². The van der Waals surface area contributed by atoms with Crippen molar-refractivity contribution < 1.29 is 38.0 Å². The summed E-state index contributed by atoms with van der Waals surface area (Å²) >= 11 is 0. The molecule has 0 saturated heterocycles. The number of nitrogens with zero attached hydrogens (tertiary/aromatic N) is 3. The van der Waals surface area contributed by atoms with E-state index in [1.54, 1.807) is 0 Å². The predicted octanol–water partition coefficient (Wildman–Crippen LogP) is 5.12. The van der Waals surface area contributed by atoms with Gasteiger partial charge in [0.25, 0.3) is 5.88 Å². The number of benzene rings is 2. The molecule has 11 heteroatoms. The lowest BCUT2D eigenvalue weighted by Crippen LogP contribution is -2.39. The van der Waals surface area contributed by atoms with Crippen molar-refractivity contribution in [3.63, 3.8) is 0 Å². The van der Waals surface area contributed by atoms with E-state index >= 15 is 0 Å². The molecule has 1 fully saturated rings. The molecule has 1 aliphatic carbocycles. The van der Waals surface area contributed by atoms with Crippen molar-refractivity contribution in [3.8, 4) is 23.1 Å². The van der Waals surface area contributed by atoms with Gasteiger partial charge in [-0.2, -0.15) is 0 Å². The Bertz CT molecular complexity index is 1570. The van der Waals surface area contributed by atoms with Gasteiger partial charge in [0.1, 0.15) is 17.0 Å². The van der Waals surface area contributed by atoms with Gasteiger partial charge in [0.15, 0.2) is 17.3 Å². The third-order valence-electron chi connectivity index (χ3n) is 6.73. The summed E-state index contributed by atoms with van der Waals surface area (Å²) < 4.78 is 39.1. The van der Waals surface area contributed by atoms with Gasteiger partial charge in [-0.15, -0.1) is 0 Å². The summed E-state index contributed by atoms with van der Waals surface area (Å²) in [6.45, 7) is 0. The molecule has 1 N–H and O–H groups in total. The van der Waals surface area contributed by atoms with Crippen LogP contribution in [0.2, 0.25) is 0 Å². The van der Waals surface area contributed by atoms with E-state index in [-0.39, 0.29) is 46.8 Å². The molecule has 4 aromatic rings. The average molecular weight is 536 g/mol. The Labute approximate surface area is 221 Å². The molecule has 2 aromatic heterocycles. The van der Waals surface area contributed by atoms with Crippen LogP contribution in [-0.4, -0.2) is 41.1 Å². The molecule has 0 spiro atoms. The highest BCUT2D eigenvalue weighted by Crippen LogP contribution is 2.49. The summed E-state index contributed by atoms with van der Waals surface area (Å²) in [5, 5.41) is 9.56. The molecule has 2 heterocycles. The quantitative estimate of drug-likeness (QED) is 0.179. The van der Waals surface area contributed by atoms with Gasteiger partial charge in [0.05, 0.1) is 12.6 Å². The molecule has 39 heavy (non-hydrogen) atoms. The first kappa shape index (κ1) is 26.0. The van der Waals surface area contributed by atoms with Crippen molar-refractivity contribution in [1.82, 2.24) is 9.97 Å². The molecule has 1 saturated carbocycles. The number of anilines is 1. The number of carbonyl (C=O) groups excluding carboxylic acids is 2. The van der Waals surface area contributed by atoms with Crippen LogP contribution in [0.3, 0.4) is 0 Å². The fourth-order valence-electron chi connectivity index (χ4n) is 4.38. The lowest BCUT2D eigenvalue weighted by Gasteiger charge is -2.23. The maximum atomic E-state index is 15.0. The fraction of sp³-hybridized carbons (Fsp3) is 0.214. The van der Waals surface area contributed by atoms with Crippen molar-refractivity contribution in [1.29, 1.82) is 0 Å². The van der Waals surface area contributed by atoms with Gasteiger partial charge >= 0.3 is 0 Å². The summed E-state index contributed by atoms with van der Waals surface area (Å²) in [4.78, 5) is 40.2. The Morgan fingerprint density at radius 3 is 2.41 bits per heavy atom. The monoisotopic (exact) mass is 535 g/mol. The van der Waals surface area contributed by atoms with Crippen LogP contribution in [0.25, 0.3) is 10.9 Å². The van der Waals surface area contributed by atoms with Crippen LogP contribution in [0, 0.1) is 17.0 Å². The number of amides is 1. The third kappa shape index (κ3) is 4.96. The van der Waals surface area contributed by atoms with Crippen LogP contribution in [0.5, 0.6) is 23.1 Å². The number of hydrogen-bond acceptors (Lipinski definition) is 8. The highest BCUT2D eigenvalue weighted by atomic mass is 19.1. The van der Waals surface area contributed by atoms with E-state index in [1.807, 2.05) is 0 Å². The lowest BCUT2D eigenvalue weighted by molar-refractivity contribution is -0.138. The van der Waals surface area contributed by atoms with Crippen LogP contribution in [-0.2, 0) is 16.0 Å². The Hall–Kier alpha value is -4.64. The molecule has 1 amide bonds. The van der Waals surface area contributed by atoms with Gasteiger partial charge in [-0.3, -0.25) is 14.6 Å². The minimum absolute atomic E-state index is 0.0127. The molecule has 5 rings (SSSR count). The summed E-state index contributed by atoms with van der Waals surface area (Å²) in [5.41, 5.74) is -0.000903. The van der Waals surface area contributed by atoms with E-state index in [0.29, 0.717) is 29.4 Å². The number of halogens is 2. The zero-order chi connectivity index (χ0) is 27.7. The van der Waals surface area contributed by atoms with E-state index in [2.05, 4.69) is 14.9 Å². The lowest BCUT2D eigenvalue weighted by atomic mass is 9.94. The number of ketones is 1. The van der Waals surface area contributed by atoms with E-state index in [4.69, 9.17) is 14.7 Å². The van der Waals surface area contributed by atoms with Crippen molar-refractivity contribution in [2.45, 2.75) is 19.3 Å². The molecule has 0 radical (unpaired) electrons. The number of pyridine rings is 2. The van der Waals surface area contributed by atoms with Gasteiger partial charge in [-0.05, 0) is 54.8 Å². The van der Waals surface area contributed by atoms with Crippen LogP contribution in [0.15, 0.2) is 60.9 Å². The summed E-state index contributed by atoms with van der Waals surface area (Å²) in [5.74, 6) is -1.86. The second-order valence-corrected chi connectivity index (χ2v) is 9.18. The van der Waals surface area contributed by atoms with Gasteiger partial charge in [0.2, 0.25) is 11.7 Å². The van der Waals surface area contributed by atoms with Crippen molar-refractivity contribution in [2.75, 3.05) is 19.1 Å². The van der Waals surface area contributed by atoms with E-state index in [1.165, 1.54) is 73.9 Å². The maximum Gasteiger partial charge on any atom is 0.255 e. The normalized spacial score (nSPS) is 13.6. The van der Waals surface area contributed by atoms with Gasteiger partial charge in [-0.1, -0.05) is 0 Å². The zero-order valence-electron chi connectivity index (χ0n) is 21.0. The number of ether oxygens (including phenoxy) is 2. The number of hydrogen-bond donors (Lipinski definition) is 1. The molecule has 2 aromatic carbocycles. The minimum Gasteiger partial charge on any atom is -0.493 e. The molecule has 0 bridgehead atoms. The Morgan fingerprint density at radius 2 is 1.77 bits per heavy atom. The number of fused-ring (bicyclic) bond motifs is 1. The number of methoxy groups -OCH3 is 1. The van der Waals surface area contributed by atoms with E-state index < -0.39 is 17.0 Å². The average Bonchev–Trinajstić information content (AvgIpc) is 3.76. The number of rotatable bonds is 9. The van der Waals surface area contributed by atoms with Crippen LogP contribution < -0.4 is 19.3 Å². The third-order valence-corrected chi connectivity index (χ3v) is 6.73. The molecule has 0 aliphatic heterocycles. The van der Waals surface area contributed by atoms with Crippen molar-refractivity contribution >= 4 is 28.3 Å². The van der Waals surface area contributed by atoms with Crippen LogP contribution >= 0.6 is 0 Å². The van der Waals surface area contributed by atoms with E-state index in [0.717, 1.165) is 6.07 Å². The standard InChI is InChI=1S/C28H23F2N3O6/c1-33(18-5-3-17(29)4-6-18)27(35)28(8-9-28)25(34)12-16-11-20(30)26(32-15-16)38-22-7-10-31-21-14-23(37-2)24(39-36)13-19(21)22/h3-7,10-11,13-15,36H,8-9,12H2,1-2H3. The molecular formula is C28H23F2N3O6. The molecule has 200 valence electrons. The minimum atomic E-state index is -1.20. The highest BCUT2D eigenvalue weighted by molar-refractivity contribution is 6.15. The van der Waals surface area contributed by atoms with Crippen molar-refractivity contribution in [2.24, 2.45) is 5.41 Å². The fourth-order valence-corrected chi connectivity index (χ4v) is 4.38. The number of Topliss-reactive ketones (excluding diaryl/α,β-unsaturated/α-hetero) is 1. The molecule has 0 unspecified atom stereocenters. The predicted molar refractivity (Wildman–Crippen MR) is 136 cm³/mol. The first-order valence-electron chi connectivity index (χ1n) is 11.9.